The number of phenols is 1. The molecule has 1 N–H and O–H groups in total. The standard InChI is InChI=1S/C12H14Cl2O/c13-10-6-9(7-11(14)12(10)15)8-4-2-1-3-5-8/h6-8,15H,1-5H2. The van der Waals surface area contributed by atoms with Crippen molar-refractivity contribution >= 4 is 23.2 Å². The summed E-state index contributed by atoms with van der Waals surface area (Å²) >= 11 is 11.8. The molecular formula is C12H14Cl2O. The first-order valence-electron chi connectivity index (χ1n) is 5.36. The summed E-state index contributed by atoms with van der Waals surface area (Å²) in [7, 11) is 0. The molecule has 15 heavy (non-hydrogen) atoms. The van der Waals surface area contributed by atoms with Gasteiger partial charge in [-0.25, -0.2) is 0 Å². The van der Waals surface area contributed by atoms with E-state index in [2.05, 4.69) is 0 Å². The van der Waals surface area contributed by atoms with Crippen LogP contribution in [0.1, 0.15) is 43.6 Å². The fraction of sp³-hybridized carbons (Fsp3) is 0.500. The molecule has 0 saturated heterocycles. The molecule has 2 rings (SSSR count). The van der Waals surface area contributed by atoms with Gasteiger partial charge >= 0.3 is 0 Å². The Morgan fingerprint density at radius 2 is 1.53 bits per heavy atom. The van der Waals surface area contributed by atoms with Crippen molar-refractivity contribution in [2.75, 3.05) is 0 Å². The number of hydrogen-bond acceptors (Lipinski definition) is 1. The van der Waals surface area contributed by atoms with Crippen molar-refractivity contribution in [3.8, 4) is 5.75 Å². The summed E-state index contributed by atoms with van der Waals surface area (Å²) < 4.78 is 0. The second kappa shape index (κ2) is 4.63. The van der Waals surface area contributed by atoms with Gasteiger partial charge in [-0.1, -0.05) is 42.5 Å². The third-order valence-electron chi connectivity index (χ3n) is 3.12. The van der Waals surface area contributed by atoms with Crippen molar-refractivity contribution in [3.63, 3.8) is 0 Å². The van der Waals surface area contributed by atoms with Crippen LogP contribution in [0.2, 0.25) is 10.0 Å². The van der Waals surface area contributed by atoms with Crippen molar-refractivity contribution < 1.29 is 5.11 Å². The van der Waals surface area contributed by atoms with Gasteiger partial charge in [-0.05, 0) is 36.5 Å². The summed E-state index contributed by atoms with van der Waals surface area (Å²) in [5.41, 5.74) is 1.17. The average Bonchev–Trinajstić information content (AvgIpc) is 2.26. The minimum atomic E-state index is -0.00195. The van der Waals surface area contributed by atoms with Gasteiger partial charge in [0.25, 0.3) is 0 Å². The van der Waals surface area contributed by atoms with Gasteiger partial charge in [-0.3, -0.25) is 0 Å². The second-order valence-electron chi connectivity index (χ2n) is 4.17. The Morgan fingerprint density at radius 1 is 1.00 bits per heavy atom. The molecule has 0 amide bonds. The normalized spacial score (nSPS) is 18.0. The Labute approximate surface area is 100 Å². The largest absolute Gasteiger partial charge is 0.505 e. The summed E-state index contributed by atoms with van der Waals surface area (Å²) in [6, 6.07) is 3.69. The molecule has 1 aromatic carbocycles. The molecule has 0 spiro atoms. The van der Waals surface area contributed by atoms with Crippen LogP contribution in [-0.2, 0) is 0 Å². The van der Waals surface area contributed by atoms with Gasteiger partial charge in [0.2, 0.25) is 0 Å². The highest BCUT2D eigenvalue weighted by Crippen LogP contribution is 2.39. The number of hydrogen-bond donors (Lipinski definition) is 1. The molecule has 3 heteroatoms. The predicted molar refractivity (Wildman–Crippen MR) is 64.0 cm³/mol. The highest BCUT2D eigenvalue weighted by molar-refractivity contribution is 6.37. The maximum absolute atomic E-state index is 9.47. The maximum Gasteiger partial charge on any atom is 0.152 e. The van der Waals surface area contributed by atoms with E-state index in [0.29, 0.717) is 16.0 Å². The molecule has 1 nitrogen and oxygen atoms in total. The van der Waals surface area contributed by atoms with Crippen LogP contribution >= 0.6 is 23.2 Å². The van der Waals surface area contributed by atoms with Crippen molar-refractivity contribution in [2.45, 2.75) is 38.0 Å². The van der Waals surface area contributed by atoms with Crippen LogP contribution in [0.3, 0.4) is 0 Å². The number of benzene rings is 1. The minimum Gasteiger partial charge on any atom is -0.505 e. The molecule has 0 aliphatic heterocycles. The fourth-order valence-electron chi connectivity index (χ4n) is 2.26. The summed E-state index contributed by atoms with van der Waals surface area (Å²) in [5.74, 6) is 0.562. The van der Waals surface area contributed by atoms with Crippen LogP contribution < -0.4 is 0 Å². The molecule has 1 aliphatic carbocycles. The van der Waals surface area contributed by atoms with Gasteiger partial charge in [-0.15, -0.1) is 0 Å². The van der Waals surface area contributed by atoms with Gasteiger partial charge < -0.3 is 5.11 Å². The lowest BCUT2D eigenvalue weighted by molar-refractivity contribution is 0.442. The fourth-order valence-corrected chi connectivity index (χ4v) is 2.76. The van der Waals surface area contributed by atoms with Crippen molar-refractivity contribution in [3.05, 3.63) is 27.7 Å². The second-order valence-corrected chi connectivity index (χ2v) is 4.98. The molecule has 1 aliphatic rings. The Morgan fingerprint density at radius 3 is 2.07 bits per heavy atom. The van der Waals surface area contributed by atoms with Crippen LogP contribution in [0.15, 0.2) is 12.1 Å². The molecule has 0 heterocycles. The molecule has 1 aromatic rings. The van der Waals surface area contributed by atoms with Gasteiger partial charge in [0.1, 0.15) is 0 Å². The first-order valence-corrected chi connectivity index (χ1v) is 6.12. The van der Waals surface area contributed by atoms with Crippen LogP contribution in [0.25, 0.3) is 0 Å². The third-order valence-corrected chi connectivity index (χ3v) is 3.69. The molecule has 0 bridgehead atoms. The van der Waals surface area contributed by atoms with Crippen LogP contribution in [-0.4, -0.2) is 5.11 Å². The lowest BCUT2D eigenvalue weighted by Crippen LogP contribution is -2.04. The van der Waals surface area contributed by atoms with Gasteiger partial charge in [0.05, 0.1) is 10.0 Å². The topological polar surface area (TPSA) is 20.2 Å². The molecule has 0 unspecified atom stereocenters. The van der Waals surface area contributed by atoms with E-state index in [-0.39, 0.29) is 5.75 Å². The Bertz CT molecular complexity index is 334. The zero-order chi connectivity index (χ0) is 10.8. The molecule has 0 aromatic heterocycles. The van der Waals surface area contributed by atoms with Crippen molar-refractivity contribution in [1.29, 1.82) is 0 Å². The number of aromatic hydroxyl groups is 1. The van der Waals surface area contributed by atoms with Gasteiger partial charge in [0.15, 0.2) is 5.75 Å². The lowest BCUT2D eigenvalue weighted by atomic mass is 9.84. The molecule has 1 saturated carbocycles. The predicted octanol–water partition coefficient (Wildman–Crippen LogP) is 4.75. The maximum atomic E-state index is 9.47. The van der Waals surface area contributed by atoms with E-state index >= 15 is 0 Å². The number of rotatable bonds is 1. The highest BCUT2D eigenvalue weighted by atomic mass is 35.5. The van der Waals surface area contributed by atoms with Crippen LogP contribution in [0.5, 0.6) is 5.75 Å². The first-order chi connectivity index (χ1) is 7.18. The zero-order valence-corrected chi connectivity index (χ0v) is 9.98. The highest BCUT2D eigenvalue weighted by Gasteiger charge is 2.17. The van der Waals surface area contributed by atoms with E-state index in [0.717, 1.165) is 0 Å². The molecule has 82 valence electrons. The average molecular weight is 245 g/mol. The Hall–Kier alpha value is -0.400. The summed E-state index contributed by atoms with van der Waals surface area (Å²) in [6.07, 6.45) is 6.30. The Kier molecular flexibility index (Phi) is 3.42. The zero-order valence-electron chi connectivity index (χ0n) is 8.47. The van der Waals surface area contributed by atoms with Crippen molar-refractivity contribution in [2.24, 2.45) is 0 Å². The monoisotopic (exact) mass is 244 g/mol. The van der Waals surface area contributed by atoms with Crippen molar-refractivity contribution in [1.82, 2.24) is 0 Å². The van der Waals surface area contributed by atoms with Gasteiger partial charge in [0, 0.05) is 0 Å². The Balaban J connectivity index is 2.27. The number of phenolic OH excluding ortho intramolecular Hbond substituents is 1. The van der Waals surface area contributed by atoms with E-state index < -0.39 is 0 Å². The first kappa shape index (κ1) is 11.1. The smallest absolute Gasteiger partial charge is 0.152 e. The minimum absolute atomic E-state index is 0.00195. The number of halogens is 2. The van der Waals surface area contributed by atoms with Crippen LogP contribution in [0, 0.1) is 0 Å². The van der Waals surface area contributed by atoms with E-state index in [4.69, 9.17) is 23.2 Å². The van der Waals surface area contributed by atoms with E-state index in [1.165, 1.54) is 37.7 Å². The third kappa shape index (κ3) is 2.40. The summed E-state index contributed by atoms with van der Waals surface area (Å²) in [5, 5.41) is 10.2. The molecule has 0 radical (unpaired) electrons. The van der Waals surface area contributed by atoms with Gasteiger partial charge in [-0.2, -0.15) is 0 Å². The summed E-state index contributed by atoms with van der Waals surface area (Å²) in [6.45, 7) is 0. The van der Waals surface area contributed by atoms with E-state index in [9.17, 15) is 5.11 Å². The summed E-state index contributed by atoms with van der Waals surface area (Å²) in [4.78, 5) is 0. The molecule has 0 atom stereocenters. The van der Waals surface area contributed by atoms with E-state index in [1.54, 1.807) is 0 Å². The van der Waals surface area contributed by atoms with E-state index in [1.807, 2.05) is 12.1 Å². The molecule has 1 fully saturated rings. The van der Waals surface area contributed by atoms with Crippen LogP contribution in [0.4, 0.5) is 0 Å². The molecular weight excluding hydrogens is 231 g/mol. The lowest BCUT2D eigenvalue weighted by Gasteiger charge is -2.22. The quantitative estimate of drug-likeness (QED) is 0.757. The SMILES string of the molecule is Oc1c(Cl)cc(C2CCCCC2)cc1Cl.